The molecule has 2 aromatic carbocycles. The highest BCUT2D eigenvalue weighted by atomic mass is 16.5. The van der Waals surface area contributed by atoms with E-state index in [0.717, 1.165) is 39.0 Å². The number of hydrogen-bond donors (Lipinski definition) is 1. The maximum Gasteiger partial charge on any atom is 0.234 e. The Labute approximate surface area is 174 Å². The molecule has 0 radical (unpaired) electrons. The second kappa shape index (κ2) is 10.9. The van der Waals surface area contributed by atoms with Gasteiger partial charge in [-0.2, -0.15) is 0 Å². The van der Waals surface area contributed by atoms with Crippen LogP contribution in [0.25, 0.3) is 0 Å². The Hall–Kier alpha value is -2.43. The lowest BCUT2D eigenvalue weighted by molar-refractivity contribution is -0.122. The summed E-state index contributed by atoms with van der Waals surface area (Å²) in [7, 11) is 0. The minimum Gasteiger partial charge on any atom is -0.381 e. The number of nitrogens with one attached hydrogen (secondary N) is 1. The number of rotatable bonds is 10. The van der Waals surface area contributed by atoms with Crippen molar-refractivity contribution in [1.82, 2.24) is 10.2 Å². The zero-order chi connectivity index (χ0) is 20.4. The maximum absolute atomic E-state index is 12.7. The van der Waals surface area contributed by atoms with Crippen LogP contribution in [0.3, 0.4) is 0 Å². The predicted molar refractivity (Wildman–Crippen MR) is 118 cm³/mol. The van der Waals surface area contributed by atoms with Gasteiger partial charge < -0.3 is 10.1 Å². The summed E-state index contributed by atoms with van der Waals surface area (Å²) in [5, 5.41) is 3.21. The van der Waals surface area contributed by atoms with E-state index in [4.69, 9.17) is 4.74 Å². The molecule has 1 fully saturated rings. The molecule has 0 unspecified atom stereocenters. The van der Waals surface area contributed by atoms with Crippen LogP contribution in [0.2, 0.25) is 0 Å². The summed E-state index contributed by atoms with van der Waals surface area (Å²) in [4.78, 5) is 14.9. The third kappa shape index (κ3) is 6.28. The van der Waals surface area contributed by atoms with Gasteiger partial charge in [0.2, 0.25) is 5.91 Å². The first kappa shape index (κ1) is 21.3. The van der Waals surface area contributed by atoms with Crippen molar-refractivity contribution < 1.29 is 9.53 Å². The lowest BCUT2D eigenvalue weighted by Gasteiger charge is -2.38. The summed E-state index contributed by atoms with van der Waals surface area (Å²) in [6.07, 6.45) is 4.65. The Morgan fingerprint density at radius 3 is 2.38 bits per heavy atom. The molecule has 1 N–H and O–H groups in total. The van der Waals surface area contributed by atoms with Crippen LogP contribution >= 0.6 is 0 Å². The van der Waals surface area contributed by atoms with Crippen molar-refractivity contribution in [2.24, 2.45) is 0 Å². The van der Waals surface area contributed by atoms with E-state index in [2.05, 4.69) is 65.3 Å². The second-order valence-corrected chi connectivity index (χ2v) is 7.79. The number of benzene rings is 2. The van der Waals surface area contributed by atoms with Crippen molar-refractivity contribution in [1.29, 1.82) is 0 Å². The minimum atomic E-state index is -0.0392. The van der Waals surface area contributed by atoms with Gasteiger partial charge in [0.25, 0.3) is 0 Å². The Bertz CT molecular complexity index is 755. The molecule has 0 aliphatic carbocycles. The van der Waals surface area contributed by atoms with Gasteiger partial charge in [0.1, 0.15) is 0 Å². The second-order valence-electron chi connectivity index (χ2n) is 7.79. The SMILES string of the molecule is C=CCN(CCc1ccccc1)CC(=O)NCC1(c2ccccc2)CCOCC1. The molecule has 4 heteroatoms. The lowest BCUT2D eigenvalue weighted by atomic mass is 9.74. The van der Waals surface area contributed by atoms with E-state index in [1.807, 2.05) is 18.2 Å². The van der Waals surface area contributed by atoms with Crippen LogP contribution in [0.5, 0.6) is 0 Å². The number of carbonyl (C=O) groups is 1. The molecule has 1 aliphatic rings. The monoisotopic (exact) mass is 392 g/mol. The largest absolute Gasteiger partial charge is 0.381 e. The van der Waals surface area contributed by atoms with Gasteiger partial charge in [-0.25, -0.2) is 0 Å². The van der Waals surface area contributed by atoms with Crippen LogP contribution in [-0.4, -0.2) is 50.2 Å². The first-order chi connectivity index (χ1) is 14.2. The fourth-order valence-corrected chi connectivity index (χ4v) is 4.00. The van der Waals surface area contributed by atoms with Gasteiger partial charge in [0, 0.05) is 38.3 Å². The Balaban J connectivity index is 1.56. The van der Waals surface area contributed by atoms with Gasteiger partial charge in [0.15, 0.2) is 0 Å². The molecular formula is C25H32N2O2. The molecular weight excluding hydrogens is 360 g/mol. The topological polar surface area (TPSA) is 41.6 Å². The van der Waals surface area contributed by atoms with Crippen molar-refractivity contribution >= 4 is 5.91 Å². The molecule has 0 aromatic heterocycles. The van der Waals surface area contributed by atoms with E-state index in [-0.39, 0.29) is 11.3 Å². The van der Waals surface area contributed by atoms with Crippen molar-refractivity contribution in [3.63, 3.8) is 0 Å². The van der Waals surface area contributed by atoms with Crippen molar-refractivity contribution in [2.75, 3.05) is 39.4 Å². The number of hydrogen-bond acceptors (Lipinski definition) is 3. The number of nitrogens with zero attached hydrogens (tertiary/aromatic N) is 1. The van der Waals surface area contributed by atoms with Gasteiger partial charge in [-0.1, -0.05) is 66.7 Å². The predicted octanol–water partition coefficient (Wildman–Crippen LogP) is 3.58. The Morgan fingerprint density at radius 2 is 1.72 bits per heavy atom. The highest BCUT2D eigenvalue weighted by Gasteiger charge is 2.34. The van der Waals surface area contributed by atoms with Gasteiger partial charge >= 0.3 is 0 Å². The van der Waals surface area contributed by atoms with Gasteiger partial charge in [0.05, 0.1) is 6.54 Å². The minimum absolute atomic E-state index is 0.0392. The van der Waals surface area contributed by atoms with Crippen LogP contribution in [0.15, 0.2) is 73.3 Å². The fourth-order valence-electron chi connectivity index (χ4n) is 4.00. The molecule has 1 saturated heterocycles. The van der Waals surface area contributed by atoms with Crippen LogP contribution in [-0.2, 0) is 21.4 Å². The maximum atomic E-state index is 12.7. The third-order valence-electron chi connectivity index (χ3n) is 5.77. The average Bonchev–Trinajstić information content (AvgIpc) is 2.78. The van der Waals surface area contributed by atoms with Gasteiger partial charge in [-0.3, -0.25) is 9.69 Å². The molecule has 3 rings (SSSR count). The van der Waals surface area contributed by atoms with Crippen molar-refractivity contribution in [3.8, 4) is 0 Å². The molecule has 1 aliphatic heterocycles. The first-order valence-corrected chi connectivity index (χ1v) is 10.5. The molecule has 0 bridgehead atoms. The molecule has 4 nitrogen and oxygen atoms in total. The molecule has 1 amide bonds. The summed E-state index contributed by atoms with van der Waals surface area (Å²) < 4.78 is 5.59. The van der Waals surface area contributed by atoms with Crippen LogP contribution < -0.4 is 5.32 Å². The average molecular weight is 393 g/mol. The van der Waals surface area contributed by atoms with Gasteiger partial charge in [-0.15, -0.1) is 6.58 Å². The number of carbonyl (C=O) groups excluding carboxylic acids is 1. The van der Waals surface area contributed by atoms with Crippen LogP contribution in [0.1, 0.15) is 24.0 Å². The van der Waals surface area contributed by atoms with E-state index in [0.29, 0.717) is 19.6 Å². The fraction of sp³-hybridized carbons (Fsp3) is 0.400. The first-order valence-electron chi connectivity index (χ1n) is 10.5. The lowest BCUT2D eigenvalue weighted by Crippen LogP contribution is -2.47. The van der Waals surface area contributed by atoms with Crippen LogP contribution in [0.4, 0.5) is 0 Å². The highest BCUT2D eigenvalue weighted by Crippen LogP contribution is 2.34. The third-order valence-corrected chi connectivity index (χ3v) is 5.77. The van der Waals surface area contributed by atoms with E-state index in [9.17, 15) is 4.79 Å². The summed E-state index contributed by atoms with van der Waals surface area (Å²) in [6.45, 7) is 7.91. The zero-order valence-corrected chi connectivity index (χ0v) is 17.2. The van der Waals surface area contributed by atoms with Crippen LogP contribution in [0, 0.1) is 0 Å². The van der Waals surface area contributed by atoms with E-state index in [1.165, 1.54) is 11.1 Å². The van der Waals surface area contributed by atoms with E-state index >= 15 is 0 Å². The molecule has 29 heavy (non-hydrogen) atoms. The Morgan fingerprint density at radius 1 is 1.07 bits per heavy atom. The molecule has 0 spiro atoms. The molecule has 2 aromatic rings. The standard InChI is InChI=1S/C25H32N2O2/c1-2-16-27(17-13-22-9-5-3-6-10-22)20-24(28)26-21-25(14-18-29-19-15-25)23-11-7-4-8-12-23/h2-12H,1,13-21H2,(H,26,28). The summed E-state index contributed by atoms with van der Waals surface area (Å²) in [5.41, 5.74) is 2.53. The van der Waals surface area contributed by atoms with Crippen molar-refractivity contribution in [3.05, 3.63) is 84.4 Å². The molecule has 0 saturated carbocycles. The number of amides is 1. The molecule has 1 heterocycles. The summed E-state index contributed by atoms with van der Waals surface area (Å²) in [5.74, 6) is 0.0710. The van der Waals surface area contributed by atoms with Crippen molar-refractivity contribution in [2.45, 2.75) is 24.7 Å². The molecule has 154 valence electrons. The smallest absolute Gasteiger partial charge is 0.234 e. The van der Waals surface area contributed by atoms with Gasteiger partial charge in [-0.05, 0) is 30.4 Å². The quantitative estimate of drug-likeness (QED) is 0.629. The number of ether oxygens (including phenoxy) is 1. The zero-order valence-electron chi connectivity index (χ0n) is 17.2. The Kier molecular flexibility index (Phi) is 8.03. The summed E-state index contributed by atoms with van der Waals surface area (Å²) in [6, 6.07) is 20.9. The van der Waals surface area contributed by atoms with E-state index < -0.39 is 0 Å². The van der Waals surface area contributed by atoms with E-state index in [1.54, 1.807) is 0 Å². The highest BCUT2D eigenvalue weighted by molar-refractivity contribution is 5.78. The summed E-state index contributed by atoms with van der Waals surface area (Å²) >= 11 is 0. The molecule has 0 atom stereocenters. The normalized spacial score (nSPS) is 15.8.